The van der Waals surface area contributed by atoms with Crippen LogP contribution in [0.3, 0.4) is 0 Å². The quantitative estimate of drug-likeness (QED) is 0.644. The molecule has 0 saturated carbocycles. The minimum atomic E-state index is 0.530. The number of piperidine rings is 1. The van der Waals surface area contributed by atoms with Crippen molar-refractivity contribution in [2.45, 2.75) is 36.9 Å². The molecule has 2 saturated heterocycles. The molecule has 116 valence electrons. The molecule has 3 rings (SSSR count). The van der Waals surface area contributed by atoms with Gasteiger partial charge in [-0.2, -0.15) is 0 Å². The Balaban J connectivity index is 1.69. The van der Waals surface area contributed by atoms with E-state index < -0.39 is 0 Å². The van der Waals surface area contributed by atoms with Gasteiger partial charge in [0.2, 0.25) is 0 Å². The fourth-order valence-electron chi connectivity index (χ4n) is 3.00. The average molecular weight is 308 g/mol. The van der Waals surface area contributed by atoms with Crippen molar-refractivity contribution in [3.8, 4) is 0 Å². The highest BCUT2D eigenvalue weighted by molar-refractivity contribution is 7.99. The topological polar surface area (TPSA) is 52.0 Å². The maximum atomic E-state index is 5.44. The Morgan fingerprint density at radius 1 is 1.33 bits per heavy atom. The van der Waals surface area contributed by atoms with Crippen LogP contribution < -0.4 is 5.32 Å². The first kappa shape index (κ1) is 15.1. The molecular weight excluding hydrogens is 284 g/mol. The largest absolute Gasteiger partial charge is 0.381 e. The summed E-state index contributed by atoms with van der Waals surface area (Å²) in [5.41, 5.74) is 0. The predicted molar refractivity (Wildman–Crippen MR) is 84.7 cm³/mol. The lowest BCUT2D eigenvalue weighted by atomic mass is 9.97. The number of allylic oxidation sites excluding steroid dienone is 1. The van der Waals surface area contributed by atoms with Gasteiger partial charge in [0.1, 0.15) is 5.82 Å². The molecule has 1 atom stereocenters. The van der Waals surface area contributed by atoms with Gasteiger partial charge in [-0.1, -0.05) is 17.8 Å². The van der Waals surface area contributed by atoms with Crippen LogP contribution in [-0.4, -0.2) is 46.8 Å². The van der Waals surface area contributed by atoms with Crippen LogP contribution in [0.25, 0.3) is 0 Å². The third-order valence-electron chi connectivity index (χ3n) is 4.23. The van der Waals surface area contributed by atoms with Crippen LogP contribution in [-0.2, 0) is 11.3 Å². The number of aromatic nitrogens is 3. The zero-order valence-corrected chi connectivity index (χ0v) is 13.3. The number of hydrogen-bond acceptors (Lipinski definition) is 5. The molecule has 0 amide bonds. The Morgan fingerprint density at radius 3 is 2.90 bits per heavy atom. The van der Waals surface area contributed by atoms with Gasteiger partial charge >= 0.3 is 0 Å². The summed E-state index contributed by atoms with van der Waals surface area (Å²) < 4.78 is 7.70. The van der Waals surface area contributed by atoms with Crippen molar-refractivity contribution in [2.24, 2.45) is 5.92 Å². The summed E-state index contributed by atoms with van der Waals surface area (Å²) in [6, 6.07) is 0. The summed E-state index contributed by atoms with van der Waals surface area (Å²) in [6.45, 7) is 8.64. The van der Waals surface area contributed by atoms with Crippen molar-refractivity contribution in [1.29, 1.82) is 0 Å². The van der Waals surface area contributed by atoms with Gasteiger partial charge in [-0.05, 0) is 38.3 Å². The molecule has 2 aliphatic heterocycles. The van der Waals surface area contributed by atoms with E-state index >= 15 is 0 Å². The van der Waals surface area contributed by atoms with E-state index in [0.717, 1.165) is 62.4 Å². The number of nitrogens with one attached hydrogen (secondary N) is 1. The molecule has 1 aromatic rings. The second-order valence-electron chi connectivity index (χ2n) is 5.80. The molecule has 2 fully saturated rings. The van der Waals surface area contributed by atoms with E-state index in [2.05, 4.69) is 26.7 Å². The van der Waals surface area contributed by atoms with Gasteiger partial charge in [0, 0.05) is 24.8 Å². The molecule has 1 aromatic heterocycles. The molecule has 0 aliphatic carbocycles. The standard InChI is InChI=1S/C15H24N4OS/c1-2-8-19-14(13-3-6-16-7-4-13)17-18-15(19)21-11-12-5-9-20-10-12/h2,12-13,16H,1,3-11H2. The normalized spacial score (nSPS) is 23.5. The summed E-state index contributed by atoms with van der Waals surface area (Å²) in [5, 5.41) is 13.4. The highest BCUT2D eigenvalue weighted by atomic mass is 32.2. The predicted octanol–water partition coefficient (Wildman–Crippen LogP) is 2.06. The van der Waals surface area contributed by atoms with Gasteiger partial charge in [-0.15, -0.1) is 16.8 Å². The third-order valence-corrected chi connectivity index (χ3v) is 5.43. The van der Waals surface area contributed by atoms with E-state index in [1.54, 1.807) is 0 Å². The van der Waals surface area contributed by atoms with Crippen molar-refractivity contribution in [2.75, 3.05) is 32.1 Å². The first-order valence-electron chi connectivity index (χ1n) is 7.83. The maximum Gasteiger partial charge on any atom is 0.191 e. The van der Waals surface area contributed by atoms with Crippen LogP contribution in [0.1, 0.15) is 31.0 Å². The van der Waals surface area contributed by atoms with E-state index in [9.17, 15) is 0 Å². The Hall–Kier alpha value is -0.850. The van der Waals surface area contributed by atoms with Crippen LogP contribution in [0.2, 0.25) is 0 Å². The molecular formula is C15H24N4OS. The molecule has 3 heterocycles. The zero-order chi connectivity index (χ0) is 14.5. The summed E-state index contributed by atoms with van der Waals surface area (Å²) >= 11 is 1.82. The lowest BCUT2D eigenvalue weighted by Gasteiger charge is -2.22. The summed E-state index contributed by atoms with van der Waals surface area (Å²) in [6.07, 6.45) is 5.41. The fourth-order valence-corrected chi connectivity index (χ4v) is 4.07. The SMILES string of the molecule is C=CCn1c(SCC2CCOC2)nnc1C1CCNCC1. The Morgan fingerprint density at radius 2 is 2.19 bits per heavy atom. The Bertz CT molecular complexity index is 464. The maximum absolute atomic E-state index is 5.44. The second-order valence-corrected chi connectivity index (χ2v) is 6.79. The minimum absolute atomic E-state index is 0.530. The van der Waals surface area contributed by atoms with Crippen molar-refractivity contribution in [3.05, 3.63) is 18.5 Å². The molecule has 21 heavy (non-hydrogen) atoms. The zero-order valence-electron chi connectivity index (χ0n) is 12.5. The monoisotopic (exact) mass is 308 g/mol. The molecule has 0 bridgehead atoms. The minimum Gasteiger partial charge on any atom is -0.381 e. The lowest BCUT2D eigenvalue weighted by Crippen LogP contribution is -2.28. The first-order valence-corrected chi connectivity index (χ1v) is 8.82. The fraction of sp³-hybridized carbons (Fsp3) is 0.733. The van der Waals surface area contributed by atoms with Crippen molar-refractivity contribution < 1.29 is 4.74 Å². The van der Waals surface area contributed by atoms with Crippen molar-refractivity contribution >= 4 is 11.8 Å². The smallest absolute Gasteiger partial charge is 0.191 e. The van der Waals surface area contributed by atoms with Crippen molar-refractivity contribution in [1.82, 2.24) is 20.1 Å². The van der Waals surface area contributed by atoms with Crippen LogP contribution in [0.5, 0.6) is 0 Å². The highest BCUT2D eigenvalue weighted by Gasteiger charge is 2.24. The van der Waals surface area contributed by atoms with Crippen LogP contribution in [0, 0.1) is 5.92 Å². The number of ether oxygens (including phenoxy) is 1. The Kier molecular flexibility index (Phi) is 5.32. The highest BCUT2D eigenvalue weighted by Crippen LogP contribution is 2.29. The van der Waals surface area contributed by atoms with Crippen LogP contribution in [0.4, 0.5) is 0 Å². The van der Waals surface area contributed by atoms with Gasteiger partial charge in [-0.3, -0.25) is 0 Å². The third kappa shape index (κ3) is 3.67. The number of nitrogens with zero attached hydrogens (tertiary/aromatic N) is 3. The average Bonchev–Trinajstić information content (AvgIpc) is 3.16. The second kappa shape index (κ2) is 7.42. The van der Waals surface area contributed by atoms with Gasteiger partial charge in [0.05, 0.1) is 6.61 Å². The molecule has 0 radical (unpaired) electrons. The Labute approximate surface area is 130 Å². The van der Waals surface area contributed by atoms with E-state index in [1.165, 1.54) is 6.42 Å². The number of rotatable bonds is 6. The molecule has 1 unspecified atom stereocenters. The molecule has 0 spiro atoms. The lowest BCUT2D eigenvalue weighted by molar-refractivity contribution is 0.189. The summed E-state index contributed by atoms with van der Waals surface area (Å²) in [7, 11) is 0. The number of thioether (sulfide) groups is 1. The first-order chi connectivity index (χ1) is 10.4. The molecule has 6 heteroatoms. The van der Waals surface area contributed by atoms with Gasteiger partial charge in [0.15, 0.2) is 5.16 Å². The van der Waals surface area contributed by atoms with Crippen molar-refractivity contribution in [3.63, 3.8) is 0 Å². The van der Waals surface area contributed by atoms with E-state index in [0.29, 0.717) is 11.8 Å². The van der Waals surface area contributed by atoms with E-state index in [-0.39, 0.29) is 0 Å². The summed E-state index contributed by atoms with van der Waals surface area (Å²) in [4.78, 5) is 0. The number of hydrogen-bond donors (Lipinski definition) is 1. The van der Waals surface area contributed by atoms with Gasteiger partial charge in [-0.25, -0.2) is 0 Å². The van der Waals surface area contributed by atoms with Gasteiger partial charge in [0.25, 0.3) is 0 Å². The van der Waals surface area contributed by atoms with E-state index in [4.69, 9.17) is 4.74 Å². The molecule has 2 aliphatic rings. The summed E-state index contributed by atoms with van der Waals surface area (Å²) in [5.74, 6) is 3.40. The molecule has 5 nitrogen and oxygen atoms in total. The van der Waals surface area contributed by atoms with Crippen LogP contribution in [0.15, 0.2) is 17.8 Å². The van der Waals surface area contributed by atoms with Crippen LogP contribution >= 0.6 is 11.8 Å². The van der Waals surface area contributed by atoms with E-state index in [1.807, 2.05) is 17.8 Å². The molecule has 0 aromatic carbocycles. The molecule has 1 N–H and O–H groups in total. The van der Waals surface area contributed by atoms with Gasteiger partial charge < -0.3 is 14.6 Å².